The third kappa shape index (κ3) is 2.80. The molecule has 2 atom stereocenters. The Morgan fingerprint density at radius 3 is 3.07 bits per heavy atom. The van der Waals surface area contributed by atoms with Crippen molar-refractivity contribution in [1.29, 1.82) is 0 Å². The Balaban J connectivity index is 2.41. The number of nitrogens with one attached hydrogen (secondary N) is 1. The van der Waals surface area contributed by atoms with E-state index in [9.17, 15) is 9.59 Å². The van der Waals surface area contributed by atoms with Gasteiger partial charge in [-0.25, -0.2) is 0 Å². The predicted octanol–water partition coefficient (Wildman–Crippen LogP) is 0.507. The first-order chi connectivity index (χ1) is 6.79. The molecule has 80 valence electrons. The lowest BCUT2D eigenvalue weighted by molar-refractivity contribution is -0.146. The van der Waals surface area contributed by atoms with Crippen LogP contribution in [-0.4, -0.2) is 31.4 Å². The highest BCUT2D eigenvalue weighted by atomic mass is 16.5. The second-order valence-electron chi connectivity index (χ2n) is 3.48. The van der Waals surface area contributed by atoms with E-state index in [-0.39, 0.29) is 17.9 Å². The second kappa shape index (κ2) is 5.75. The van der Waals surface area contributed by atoms with Crippen molar-refractivity contribution >= 4 is 12.3 Å². The smallest absolute Gasteiger partial charge is 0.323 e. The quantitative estimate of drug-likeness (QED) is 0.517. The molecule has 0 bridgehead atoms. The summed E-state index contributed by atoms with van der Waals surface area (Å²) in [5.41, 5.74) is 0. The third-order valence-electron chi connectivity index (χ3n) is 2.55. The minimum Gasteiger partial charge on any atom is -0.465 e. The van der Waals surface area contributed by atoms with Crippen molar-refractivity contribution in [3.05, 3.63) is 0 Å². The molecule has 1 aliphatic heterocycles. The number of aldehydes is 1. The van der Waals surface area contributed by atoms with Crippen molar-refractivity contribution < 1.29 is 14.3 Å². The molecule has 0 aromatic carbocycles. The summed E-state index contributed by atoms with van der Waals surface area (Å²) in [5.74, 6) is 0.0835. The third-order valence-corrected chi connectivity index (χ3v) is 2.55. The van der Waals surface area contributed by atoms with E-state index < -0.39 is 0 Å². The van der Waals surface area contributed by atoms with Gasteiger partial charge in [-0.1, -0.05) is 0 Å². The van der Waals surface area contributed by atoms with Gasteiger partial charge in [-0.15, -0.1) is 0 Å². The molecular formula is C10H17NO3. The van der Waals surface area contributed by atoms with Crippen LogP contribution in [0.2, 0.25) is 0 Å². The summed E-state index contributed by atoms with van der Waals surface area (Å²) in [6, 6.07) is -0.199. The van der Waals surface area contributed by atoms with Gasteiger partial charge in [0, 0.05) is 6.42 Å². The number of hydrogen-bond donors (Lipinski definition) is 1. The largest absolute Gasteiger partial charge is 0.465 e. The molecule has 2 unspecified atom stereocenters. The van der Waals surface area contributed by atoms with E-state index in [1.54, 1.807) is 6.92 Å². The Labute approximate surface area is 84.0 Å². The molecule has 4 nitrogen and oxygen atoms in total. The van der Waals surface area contributed by atoms with Crippen molar-refractivity contribution in [3.8, 4) is 0 Å². The normalized spacial score (nSPS) is 26.1. The lowest BCUT2D eigenvalue weighted by atomic mass is 9.95. The van der Waals surface area contributed by atoms with Crippen LogP contribution in [0, 0.1) is 5.92 Å². The molecule has 0 spiro atoms. The van der Waals surface area contributed by atoms with Crippen LogP contribution in [-0.2, 0) is 14.3 Å². The Bertz CT molecular complexity index is 206. The van der Waals surface area contributed by atoms with E-state index >= 15 is 0 Å². The maximum absolute atomic E-state index is 11.4. The zero-order valence-electron chi connectivity index (χ0n) is 8.49. The van der Waals surface area contributed by atoms with Crippen molar-refractivity contribution in [2.45, 2.75) is 32.2 Å². The van der Waals surface area contributed by atoms with E-state index in [1.807, 2.05) is 0 Å². The maximum Gasteiger partial charge on any atom is 0.323 e. The molecular weight excluding hydrogens is 182 g/mol. The van der Waals surface area contributed by atoms with Gasteiger partial charge in [0.2, 0.25) is 0 Å². The molecule has 1 N–H and O–H groups in total. The van der Waals surface area contributed by atoms with E-state index in [0.29, 0.717) is 13.0 Å². The van der Waals surface area contributed by atoms with Crippen LogP contribution in [0.5, 0.6) is 0 Å². The second-order valence-corrected chi connectivity index (χ2v) is 3.48. The van der Waals surface area contributed by atoms with Gasteiger partial charge in [-0.2, -0.15) is 0 Å². The molecule has 1 saturated heterocycles. The summed E-state index contributed by atoms with van der Waals surface area (Å²) >= 11 is 0. The van der Waals surface area contributed by atoms with Gasteiger partial charge in [-0.05, 0) is 32.2 Å². The zero-order chi connectivity index (χ0) is 10.4. The Morgan fingerprint density at radius 2 is 2.43 bits per heavy atom. The molecule has 1 rings (SSSR count). The lowest BCUT2D eigenvalue weighted by Gasteiger charge is -2.16. The van der Waals surface area contributed by atoms with E-state index in [0.717, 1.165) is 25.7 Å². The molecule has 4 heteroatoms. The van der Waals surface area contributed by atoms with Crippen molar-refractivity contribution in [3.63, 3.8) is 0 Å². The zero-order valence-corrected chi connectivity index (χ0v) is 8.49. The van der Waals surface area contributed by atoms with Crippen LogP contribution < -0.4 is 5.32 Å². The Kier molecular flexibility index (Phi) is 4.59. The van der Waals surface area contributed by atoms with Crippen LogP contribution in [0.4, 0.5) is 0 Å². The number of carbonyl (C=O) groups is 2. The number of carbonyl (C=O) groups excluding carboxylic acids is 2. The number of rotatable bonds is 5. The van der Waals surface area contributed by atoms with Crippen LogP contribution in [0.15, 0.2) is 0 Å². The first kappa shape index (κ1) is 11.2. The van der Waals surface area contributed by atoms with Gasteiger partial charge >= 0.3 is 5.97 Å². The topological polar surface area (TPSA) is 55.4 Å². The molecule has 14 heavy (non-hydrogen) atoms. The average molecular weight is 199 g/mol. The van der Waals surface area contributed by atoms with Crippen molar-refractivity contribution in [2.75, 3.05) is 13.2 Å². The Hall–Kier alpha value is -0.900. The molecule has 1 aliphatic rings. The summed E-state index contributed by atoms with van der Waals surface area (Å²) in [4.78, 5) is 21.7. The summed E-state index contributed by atoms with van der Waals surface area (Å²) in [6.07, 6.45) is 3.17. The lowest BCUT2D eigenvalue weighted by Crippen LogP contribution is -2.37. The minimum atomic E-state index is -0.199. The van der Waals surface area contributed by atoms with Crippen molar-refractivity contribution in [2.24, 2.45) is 5.92 Å². The van der Waals surface area contributed by atoms with Gasteiger partial charge in [0.25, 0.3) is 0 Å². The summed E-state index contributed by atoms with van der Waals surface area (Å²) in [5, 5.41) is 3.11. The van der Waals surface area contributed by atoms with Crippen LogP contribution in [0.3, 0.4) is 0 Å². The molecule has 1 heterocycles. The number of hydrogen-bond acceptors (Lipinski definition) is 4. The molecule has 0 saturated carbocycles. The molecule has 1 fully saturated rings. The maximum atomic E-state index is 11.4. The van der Waals surface area contributed by atoms with Gasteiger partial charge in [0.15, 0.2) is 0 Å². The fraction of sp³-hybridized carbons (Fsp3) is 0.800. The van der Waals surface area contributed by atoms with Gasteiger partial charge in [0.1, 0.15) is 12.3 Å². The van der Waals surface area contributed by atoms with Crippen LogP contribution in [0.1, 0.15) is 26.2 Å². The highest BCUT2D eigenvalue weighted by Crippen LogP contribution is 2.21. The average Bonchev–Trinajstić information content (AvgIpc) is 2.63. The fourth-order valence-electron chi connectivity index (χ4n) is 1.86. The van der Waals surface area contributed by atoms with Gasteiger partial charge < -0.3 is 14.8 Å². The number of esters is 1. The van der Waals surface area contributed by atoms with Crippen molar-refractivity contribution in [1.82, 2.24) is 5.32 Å². The molecule has 0 aromatic heterocycles. The molecule has 0 aliphatic carbocycles. The first-order valence-electron chi connectivity index (χ1n) is 5.13. The SMILES string of the molecule is CCOC(=O)C1NCCC1CCC=O. The number of ether oxygens (including phenoxy) is 1. The predicted molar refractivity (Wildman–Crippen MR) is 51.8 cm³/mol. The summed E-state index contributed by atoms with van der Waals surface area (Å²) in [7, 11) is 0. The summed E-state index contributed by atoms with van der Waals surface area (Å²) in [6.45, 7) is 3.05. The van der Waals surface area contributed by atoms with E-state index in [2.05, 4.69) is 5.32 Å². The van der Waals surface area contributed by atoms with E-state index in [4.69, 9.17) is 4.74 Å². The molecule has 0 radical (unpaired) electrons. The standard InChI is InChI=1S/C10H17NO3/c1-2-14-10(13)9-8(4-3-7-12)5-6-11-9/h7-9,11H,2-6H2,1H3. The Morgan fingerprint density at radius 1 is 1.64 bits per heavy atom. The fourth-order valence-corrected chi connectivity index (χ4v) is 1.86. The minimum absolute atomic E-state index is 0.180. The highest BCUT2D eigenvalue weighted by molar-refractivity contribution is 5.76. The highest BCUT2D eigenvalue weighted by Gasteiger charge is 2.32. The molecule has 0 aromatic rings. The summed E-state index contributed by atoms with van der Waals surface area (Å²) < 4.78 is 4.95. The van der Waals surface area contributed by atoms with Crippen LogP contribution >= 0.6 is 0 Å². The first-order valence-corrected chi connectivity index (χ1v) is 5.13. The van der Waals surface area contributed by atoms with E-state index in [1.165, 1.54) is 0 Å². The molecule has 0 amide bonds. The van der Waals surface area contributed by atoms with Gasteiger partial charge in [-0.3, -0.25) is 4.79 Å². The van der Waals surface area contributed by atoms with Gasteiger partial charge in [0.05, 0.1) is 6.61 Å². The monoisotopic (exact) mass is 199 g/mol. The van der Waals surface area contributed by atoms with Crippen LogP contribution in [0.25, 0.3) is 0 Å².